The number of rotatable bonds is 80. The van der Waals surface area contributed by atoms with E-state index < -0.39 is 191 Å². The van der Waals surface area contributed by atoms with Crippen molar-refractivity contribution >= 4 is 47.8 Å². The summed E-state index contributed by atoms with van der Waals surface area (Å²) in [6.45, 7) is 1.02. The zero-order valence-electron chi connectivity index (χ0n) is 78.1. The van der Waals surface area contributed by atoms with E-state index in [1.807, 2.05) is 0 Å². The third kappa shape index (κ3) is 45.3. The molecular weight excluding hydrogens is 1610 g/mol. The molecule has 0 saturated heterocycles. The van der Waals surface area contributed by atoms with E-state index in [0.29, 0.717) is 25.7 Å². The van der Waals surface area contributed by atoms with Crippen molar-refractivity contribution in [3.05, 3.63) is 47.5 Å². The number of carbonyl (C=O) groups excluding carboxylic acids is 8. The molecule has 0 heterocycles. The molecule has 125 heavy (non-hydrogen) atoms. The second kappa shape index (κ2) is 65.6. The summed E-state index contributed by atoms with van der Waals surface area (Å²) in [4.78, 5) is 116. The van der Waals surface area contributed by atoms with Gasteiger partial charge in [-0.2, -0.15) is 0 Å². The van der Waals surface area contributed by atoms with Gasteiger partial charge >= 0.3 is 47.8 Å². The van der Waals surface area contributed by atoms with Crippen molar-refractivity contribution < 1.29 is 136 Å². The monoisotopic (exact) mass is 1780 g/mol. The predicted molar refractivity (Wildman–Crippen MR) is 476 cm³/mol. The van der Waals surface area contributed by atoms with Crippen LogP contribution in [0.3, 0.4) is 0 Å². The predicted octanol–water partition coefficient (Wildman–Crippen LogP) is 16.1. The lowest BCUT2D eigenvalue weighted by atomic mass is 9.89. The van der Waals surface area contributed by atoms with Crippen LogP contribution in [0.4, 0.5) is 0 Å². The summed E-state index contributed by atoms with van der Waals surface area (Å²) in [7, 11) is 0. The highest BCUT2D eigenvalue weighted by Gasteiger charge is 2.49. The van der Waals surface area contributed by atoms with Gasteiger partial charge in [0.25, 0.3) is 0 Å². The van der Waals surface area contributed by atoms with Gasteiger partial charge in [-0.3, -0.25) is 28.8 Å². The van der Waals surface area contributed by atoms with Gasteiger partial charge in [-0.15, -0.1) is 0 Å². The Kier molecular flexibility index (Phi) is 59.9. The number of esters is 8. The molecule has 0 spiro atoms. The Bertz CT molecular complexity index is 2900. The van der Waals surface area contributed by atoms with Crippen molar-refractivity contribution in [2.45, 2.75) is 326 Å². The lowest BCUT2D eigenvalue weighted by molar-refractivity contribution is -0.184. The quantitative estimate of drug-likeness (QED) is 0.0173. The first kappa shape index (κ1) is 114. The van der Waals surface area contributed by atoms with Gasteiger partial charge in [-0.1, -0.05) is 259 Å². The van der Waals surface area contributed by atoms with Gasteiger partial charge in [-0.05, 0) is 91.5 Å². The van der Waals surface area contributed by atoms with Crippen molar-refractivity contribution in [3.8, 4) is 23.0 Å². The summed E-state index contributed by atoms with van der Waals surface area (Å²) in [6, 6.07) is 9.13. The Hall–Kier alpha value is -6.92. The standard InChI is InChI=1S/C97H164O28/c1-11-15-19-23-27-31-35-39-43-47-51-114-79-55-77(56-80(59-79)115-52-48-44-40-36-32-28-24-20-16-12-2)83(106)118-73-97(75-124-89(112)95(9,69-120-85(108)91(5,61-98)62-99)70-121-86(109)92(6,63-100)64-101,76-125-90(113)96(10,71-122-87(110)93(7,65-102)66-103)72-123-88(111)94(8,67-104)68-105)74-119-84(107)78-57-81(116-53-49-45-41-37-33-29-25-21-17-13-3)60-82(58-78)117-54-50-46-42-38-34-30-26-22-18-14-4/h55-60,98-105H,11-54,61-76H2,1-10H3. The summed E-state index contributed by atoms with van der Waals surface area (Å²) in [5.41, 5.74) is -15.0. The van der Waals surface area contributed by atoms with Crippen LogP contribution in [0.5, 0.6) is 23.0 Å². The minimum atomic E-state index is -2.34. The second-order valence-corrected chi connectivity index (χ2v) is 36.2. The van der Waals surface area contributed by atoms with E-state index in [1.165, 1.54) is 180 Å². The van der Waals surface area contributed by atoms with Crippen LogP contribution < -0.4 is 18.9 Å². The highest BCUT2D eigenvalue weighted by atomic mass is 16.6. The van der Waals surface area contributed by atoms with Crippen molar-refractivity contribution in [3.63, 3.8) is 0 Å². The fourth-order valence-corrected chi connectivity index (χ4v) is 13.1. The van der Waals surface area contributed by atoms with Crippen LogP contribution >= 0.6 is 0 Å². The Labute approximate surface area is 747 Å². The first-order valence-corrected chi connectivity index (χ1v) is 47.0. The molecule has 720 valence electrons. The number of aliphatic hydroxyl groups excluding tert-OH is 8. The Balaban J connectivity index is 3.14. The molecule has 0 bridgehead atoms. The number of ether oxygens (including phenoxy) is 12. The first-order valence-electron chi connectivity index (χ1n) is 47.0. The number of carbonyl (C=O) groups is 8. The lowest BCUT2D eigenvalue weighted by Gasteiger charge is -2.35. The average molecular weight is 1780 g/mol. The van der Waals surface area contributed by atoms with Gasteiger partial charge < -0.3 is 97.7 Å². The number of hydrogen-bond acceptors (Lipinski definition) is 28. The molecule has 0 unspecified atom stereocenters. The van der Waals surface area contributed by atoms with E-state index >= 15 is 19.2 Å². The van der Waals surface area contributed by atoms with E-state index in [4.69, 9.17) is 56.8 Å². The van der Waals surface area contributed by atoms with Gasteiger partial charge in [0, 0.05) is 12.1 Å². The fraction of sp³-hybridized carbons (Fsp3) is 0.794. The maximum Gasteiger partial charge on any atom is 0.338 e. The van der Waals surface area contributed by atoms with Gasteiger partial charge in [0.2, 0.25) is 0 Å². The molecule has 2 rings (SSSR count). The summed E-state index contributed by atoms with van der Waals surface area (Å²) < 4.78 is 72.6. The van der Waals surface area contributed by atoms with Crippen LogP contribution in [-0.2, 0) is 66.7 Å². The third-order valence-electron chi connectivity index (χ3n) is 23.2. The molecule has 8 N–H and O–H groups in total. The molecule has 0 amide bonds. The van der Waals surface area contributed by atoms with Gasteiger partial charge in [0.1, 0.15) is 114 Å². The van der Waals surface area contributed by atoms with E-state index in [0.717, 1.165) is 117 Å². The molecule has 0 aliphatic carbocycles. The number of aliphatic hydroxyl groups is 8. The van der Waals surface area contributed by atoms with Gasteiger partial charge in [-0.25, -0.2) is 9.59 Å². The van der Waals surface area contributed by atoms with Gasteiger partial charge in [0.15, 0.2) is 0 Å². The summed E-state index contributed by atoms with van der Waals surface area (Å²) in [6.07, 6.45) is 43.2. The molecule has 0 radical (unpaired) electrons. The van der Waals surface area contributed by atoms with Crippen LogP contribution in [0.25, 0.3) is 0 Å². The van der Waals surface area contributed by atoms with Crippen LogP contribution in [-0.4, -0.2) is 221 Å². The van der Waals surface area contributed by atoms with E-state index in [2.05, 4.69) is 27.7 Å². The summed E-state index contributed by atoms with van der Waals surface area (Å²) in [5.74, 6) is -8.74. The zero-order valence-corrected chi connectivity index (χ0v) is 78.1. The fourth-order valence-electron chi connectivity index (χ4n) is 13.1. The third-order valence-corrected chi connectivity index (χ3v) is 23.2. The Morgan fingerprint density at radius 2 is 0.376 bits per heavy atom. The topological polar surface area (TPSA) is 409 Å². The average Bonchev–Trinajstić information content (AvgIpc) is 0.845. The molecule has 0 atom stereocenters. The second-order valence-electron chi connectivity index (χ2n) is 36.2. The number of benzene rings is 2. The zero-order chi connectivity index (χ0) is 92.7. The van der Waals surface area contributed by atoms with E-state index in [1.54, 1.807) is 12.1 Å². The lowest BCUT2D eigenvalue weighted by Crippen LogP contribution is -2.49. The minimum Gasteiger partial charge on any atom is -0.493 e. The maximum atomic E-state index is 15.4. The molecule has 0 aromatic heterocycles. The SMILES string of the molecule is CCCCCCCCCCCCOc1cc(OCCCCCCCCCCCC)cc(C(=O)OCC(COC(=O)c2cc(OCCCCCCCCCCCC)cc(OCCCCCCCCCCCC)c2)(COC(=O)C(C)(COC(=O)C(C)(CO)CO)COC(=O)C(C)(CO)CO)COC(=O)C(C)(COC(=O)C(C)(CO)CO)COC(=O)C(C)(CO)CO)c1. The summed E-state index contributed by atoms with van der Waals surface area (Å²) in [5, 5.41) is 81.8. The molecule has 2 aromatic rings. The molecule has 28 nitrogen and oxygen atoms in total. The summed E-state index contributed by atoms with van der Waals surface area (Å²) >= 11 is 0. The van der Waals surface area contributed by atoms with Crippen LogP contribution in [0.1, 0.15) is 347 Å². The molecular formula is C97H164O28. The molecule has 0 fully saturated rings. The molecule has 0 saturated carbocycles. The van der Waals surface area contributed by atoms with Crippen molar-refractivity contribution in [1.82, 2.24) is 0 Å². The highest BCUT2D eigenvalue weighted by molar-refractivity contribution is 5.91. The van der Waals surface area contributed by atoms with Crippen LogP contribution in [0.15, 0.2) is 36.4 Å². The van der Waals surface area contributed by atoms with Crippen molar-refractivity contribution in [1.29, 1.82) is 0 Å². The van der Waals surface area contributed by atoms with Crippen LogP contribution in [0, 0.1) is 37.9 Å². The maximum absolute atomic E-state index is 15.4. The molecule has 28 heteroatoms. The van der Waals surface area contributed by atoms with E-state index in [-0.39, 0.29) is 60.6 Å². The number of unbranched alkanes of at least 4 members (excludes halogenated alkanes) is 36. The Morgan fingerprint density at radius 1 is 0.216 bits per heavy atom. The Morgan fingerprint density at radius 3 is 0.560 bits per heavy atom. The normalized spacial score (nSPS) is 12.2. The largest absolute Gasteiger partial charge is 0.493 e. The molecule has 0 aliphatic heterocycles. The van der Waals surface area contributed by atoms with Crippen molar-refractivity contribution in [2.24, 2.45) is 37.9 Å². The molecule has 0 aliphatic rings. The molecule has 2 aromatic carbocycles. The minimum absolute atomic E-state index is 0.109. The van der Waals surface area contributed by atoms with Crippen LogP contribution in [0.2, 0.25) is 0 Å². The smallest absolute Gasteiger partial charge is 0.338 e. The van der Waals surface area contributed by atoms with Crippen molar-refractivity contribution in [2.75, 3.05) is 132 Å². The van der Waals surface area contributed by atoms with Gasteiger partial charge in [0.05, 0.1) is 90.4 Å². The first-order chi connectivity index (χ1) is 60.0. The number of hydrogen-bond donors (Lipinski definition) is 8. The van der Waals surface area contributed by atoms with E-state index in [9.17, 15) is 60.0 Å². The highest BCUT2D eigenvalue weighted by Crippen LogP contribution is 2.35.